The van der Waals surface area contributed by atoms with Crippen molar-refractivity contribution >= 4 is 17.3 Å². The van der Waals surface area contributed by atoms with E-state index in [1.165, 1.54) is 0 Å². The van der Waals surface area contributed by atoms with Crippen molar-refractivity contribution in [1.29, 1.82) is 5.26 Å². The van der Waals surface area contributed by atoms with Crippen molar-refractivity contribution in [2.24, 2.45) is 0 Å². The lowest BCUT2D eigenvalue weighted by Gasteiger charge is -2.22. The van der Waals surface area contributed by atoms with Crippen LogP contribution in [0.4, 0.5) is 5.69 Å². The van der Waals surface area contributed by atoms with Gasteiger partial charge in [-0.1, -0.05) is 12.1 Å². The molecule has 1 N–H and O–H groups in total. The monoisotopic (exact) mass is 224 g/mol. The molecule has 0 fully saturated rings. The van der Waals surface area contributed by atoms with E-state index in [1.54, 1.807) is 6.07 Å². The third-order valence-corrected chi connectivity index (χ3v) is 2.45. The number of likely N-dealkylation sites (N-methyl/N-ethyl adjacent to an activating group) is 1. The van der Waals surface area contributed by atoms with Crippen LogP contribution in [0.3, 0.4) is 0 Å². The highest BCUT2D eigenvalue weighted by Gasteiger charge is 2.10. The maximum Gasteiger partial charge on any atom is 0.101 e. The van der Waals surface area contributed by atoms with Crippen molar-refractivity contribution in [3.63, 3.8) is 0 Å². The molecular weight excluding hydrogens is 212 g/mol. The Kier molecular flexibility index (Phi) is 4.41. The highest BCUT2D eigenvalue weighted by molar-refractivity contribution is 6.18. The molecule has 0 bridgehead atoms. The Morgan fingerprint density at radius 1 is 1.53 bits per heavy atom. The predicted octanol–water partition coefficient (Wildman–Crippen LogP) is 1.59. The van der Waals surface area contributed by atoms with Crippen LogP contribution in [-0.4, -0.2) is 30.7 Å². The summed E-state index contributed by atoms with van der Waals surface area (Å²) in [5.41, 5.74) is 1.41. The highest BCUT2D eigenvalue weighted by Crippen LogP contribution is 2.18. The number of hydrogen-bond donors (Lipinski definition) is 1. The molecule has 80 valence electrons. The molecule has 0 saturated carbocycles. The molecule has 0 aliphatic rings. The number of benzene rings is 1. The third kappa shape index (κ3) is 3.12. The molecule has 1 atom stereocenters. The maximum atomic E-state index is 9.40. The number of para-hydroxylation sites is 1. The van der Waals surface area contributed by atoms with Crippen LogP contribution in [0, 0.1) is 11.3 Å². The SMILES string of the molecule is CN(CC(O)CCl)c1ccccc1C#N. The minimum Gasteiger partial charge on any atom is -0.390 e. The van der Waals surface area contributed by atoms with Gasteiger partial charge >= 0.3 is 0 Å². The van der Waals surface area contributed by atoms with E-state index in [1.807, 2.05) is 30.1 Å². The Labute approximate surface area is 94.5 Å². The van der Waals surface area contributed by atoms with Gasteiger partial charge in [0, 0.05) is 13.6 Å². The Hall–Kier alpha value is -1.24. The zero-order valence-corrected chi connectivity index (χ0v) is 9.28. The Bertz CT molecular complexity index is 362. The molecule has 4 heteroatoms. The average molecular weight is 225 g/mol. The van der Waals surface area contributed by atoms with E-state index in [0.29, 0.717) is 12.1 Å². The average Bonchev–Trinajstić information content (AvgIpc) is 2.28. The molecule has 1 rings (SSSR count). The van der Waals surface area contributed by atoms with E-state index in [2.05, 4.69) is 6.07 Å². The summed E-state index contributed by atoms with van der Waals surface area (Å²) in [5.74, 6) is 0.194. The van der Waals surface area contributed by atoms with Crippen molar-refractivity contribution in [3.05, 3.63) is 29.8 Å². The van der Waals surface area contributed by atoms with Crippen molar-refractivity contribution in [2.45, 2.75) is 6.10 Å². The van der Waals surface area contributed by atoms with Crippen LogP contribution < -0.4 is 4.90 Å². The molecule has 15 heavy (non-hydrogen) atoms. The molecule has 0 amide bonds. The molecule has 1 unspecified atom stereocenters. The van der Waals surface area contributed by atoms with Crippen LogP contribution in [0.2, 0.25) is 0 Å². The largest absolute Gasteiger partial charge is 0.390 e. The molecule has 0 heterocycles. The summed E-state index contributed by atoms with van der Waals surface area (Å²) >= 11 is 5.52. The zero-order chi connectivity index (χ0) is 11.3. The van der Waals surface area contributed by atoms with Crippen LogP contribution in [0.15, 0.2) is 24.3 Å². The fourth-order valence-corrected chi connectivity index (χ4v) is 1.46. The van der Waals surface area contributed by atoms with E-state index >= 15 is 0 Å². The van der Waals surface area contributed by atoms with Crippen LogP contribution >= 0.6 is 11.6 Å². The number of hydrogen-bond acceptors (Lipinski definition) is 3. The fourth-order valence-electron chi connectivity index (χ4n) is 1.36. The van der Waals surface area contributed by atoms with Gasteiger partial charge in [-0.3, -0.25) is 0 Å². The van der Waals surface area contributed by atoms with Gasteiger partial charge in [-0.05, 0) is 12.1 Å². The molecule has 3 nitrogen and oxygen atoms in total. The number of anilines is 1. The number of nitriles is 1. The lowest BCUT2D eigenvalue weighted by molar-refractivity contribution is 0.205. The second-order valence-electron chi connectivity index (χ2n) is 3.32. The van der Waals surface area contributed by atoms with Crippen LogP contribution in [-0.2, 0) is 0 Å². The van der Waals surface area contributed by atoms with E-state index < -0.39 is 6.10 Å². The van der Waals surface area contributed by atoms with Gasteiger partial charge in [-0.25, -0.2) is 0 Å². The van der Waals surface area contributed by atoms with Crippen molar-refractivity contribution in [2.75, 3.05) is 24.4 Å². The van der Waals surface area contributed by atoms with Gasteiger partial charge < -0.3 is 10.0 Å². The fraction of sp³-hybridized carbons (Fsp3) is 0.364. The summed E-state index contributed by atoms with van der Waals surface area (Å²) in [6.45, 7) is 0.419. The molecular formula is C11H13ClN2O. The first kappa shape index (κ1) is 11.8. The minimum absolute atomic E-state index is 0.194. The lowest BCUT2D eigenvalue weighted by Crippen LogP contribution is -2.30. The zero-order valence-electron chi connectivity index (χ0n) is 8.52. The lowest BCUT2D eigenvalue weighted by atomic mass is 10.2. The number of halogens is 1. The molecule has 0 aliphatic carbocycles. The number of aliphatic hydroxyl groups excluding tert-OH is 1. The summed E-state index contributed by atoms with van der Waals surface area (Å²) in [5, 5.41) is 18.3. The number of rotatable bonds is 4. The second-order valence-corrected chi connectivity index (χ2v) is 3.63. The molecule has 0 spiro atoms. The first-order chi connectivity index (χ1) is 7.19. The van der Waals surface area contributed by atoms with Gasteiger partial charge in [0.15, 0.2) is 0 Å². The van der Waals surface area contributed by atoms with E-state index in [-0.39, 0.29) is 5.88 Å². The van der Waals surface area contributed by atoms with Crippen LogP contribution in [0.25, 0.3) is 0 Å². The standard InChI is InChI=1S/C11H13ClN2O/c1-14(8-10(15)6-12)11-5-3-2-4-9(11)7-13/h2-5,10,15H,6,8H2,1H3. The summed E-state index contributed by atoms with van der Waals surface area (Å²) in [7, 11) is 1.83. The molecule has 0 aliphatic heterocycles. The van der Waals surface area contributed by atoms with Gasteiger partial charge in [-0.15, -0.1) is 11.6 Å². The van der Waals surface area contributed by atoms with E-state index in [9.17, 15) is 5.11 Å². The molecule has 0 saturated heterocycles. The molecule has 1 aromatic carbocycles. The Morgan fingerprint density at radius 2 is 2.20 bits per heavy atom. The summed E-state index contributed by atoms with van der Waals surface area (Å²) < 4.78 is 0. The summed E-state index contributed by atoms with van der Waals surface area (Å²) in [4.78, 5) is 1.82. The topological polar surface area (TPSA) is 47.3 Å². The van der Waals surface area contributed by atoms with Gasteiger partial charge in [-0.2, -0.15) is 5.26 Å². The smallest absolute Gasteiger partial charge is 0.101 e. The van der Waals surface area contributed by atoms with Crippen molar-refractivity contribution in [1.82, 2.24) is 0 Å². The third-order valence-electron chi connectivity index (χ3n) is 2.10. The van der Waals surface area contributed by atoms with Crippen LogP contribution in [0.1, 0.15) is 5.56 Å². The van der Waals surface area contributed by atoms with Crippen molar-refractivity contribution < 1.29 is 5.11 Å². The number of aliphatic hydroxyl groups is 1. The van der Waals surface area contributed by atoms with Gasteiger partial charge in [0.05, 0.1) is 23.2 Å². The van der Waals surface area contributed by atoms with Gasteiger partial charge in [0.1, 0.15) is 6.07 Å². The molecule has 1 aromatic rings. The normalized spacial score (nSPS) is 11.9. The molecule has 0 radical (unpaired) electrons. The van der Waals surface area contributed by atoms with Crippen LogP contribution in [0.5, 0.6) is 0 Å². The first-order valence-electron chi connectivity index (χ1n) is 4.63. The molecule has 0 aromatic heterocycles. The highest BCUT2D eigenvalue weighted by atomic mass is 35.5. The minimum atomic E-state index is -0.580. The second kappa shape index (κ2) is 5.59. The van der Waals surface area contributed by atoms with E-state index in [0.717, 1.165) is 5.69 Å². The van der Waals surface area contributed by atoms with Gasteiger partial charge in [0.25, 0.3) is 0 Å². The van der Waals surface area contributed by atoms with Crippen molar-refractivity contribution in [3.8, 4) is 6.07 Å². The van der Waals surface area contributed by atoms with Gasteiger partial charge in [0.2, 0.25) is 0 Å². The number of alkyl halides is 1. The number of nitrogens with zero attached hydrogens (tertiary/aromatic N) is 2. The van der Waals surface area contributed by atoms with E-state index in [4.69, 9.17) is 16.9 Å². The predicted molar refractivity (Wildman–Crippen MR) is 61.2 cm³/mol. The summed E-state index contributed by atoms with van der Waals surface area (Å²) in [6.07, 6.45) is -0.580. The quantitative estimate of drug-likeness (QED) is 0.791. The Balaban J connectivity index is 2.82. The Morgan fingerprint density at radius 3 is 2.80 bits per heavy atom. The first-order valence-corrected chi connectivity index (χ1v) is 5.16. The maximum absolute atomic E-state index is 9.40. The summed E-state index contributed by atoms with van der Waals surface area (Å²) in [6, 6.07) is 9.38.